The summed E-state index contributed by atoms with van der Waals surface area (Å²) in [6, 6.07) is 0. The summed E-state index contributed by atoms with van der Waals surface area (Å²) in [4.78, 5) is 11.2. The smallest absolute Gasteiger partial charge is 0.308 e. The van der Waals surface area contributed by atoms with Crippen LogP contribution in [-0.2, 0) is 71.1 Å². The SMILES string of the molecule is CCCCCCCCCCCCOCCOCCOCCOCCOCCOCCOCCOCCOCCOCCOCCOCCOCCC(=O)OCC. The molecular weight excluding hydrogens is 732 g/mol. The van der Waals surface area contributed by atoms with Crippen molar-refractivity contribution in [2.45, 2.75) is 84.5 Å². The van der Waals surface area contributed by atoms with E-state index in [1.54, 1.807) is 6.92 Å². The van der Waals surface area contributed by atoms with Gasteiger partial charge in [-0.05, 0) is 13.3 Å². The van der Waals surface area contributed by atoms with Crippen LogP contribution in [0, 0.1) is 0 Å². The standard InChI is InChI=1S/C41H82O15/c1-3-5-6-7-8-9-10-11-12-13-15-43-17-19-45-21-23-47-25-27-49-29-31-51-33-35-53-37-39-55-40-38-54-36-34-52-32-30-50-28-26-48-24-22-46-20-18-44-16-14-41(42)56-4-2/h3-40H2,1-2H3. The lowest BCUT2D eigenvalue weighted by atomic mass is 10.1. The van der Waals surface area contributed by atoms with Crippen LogP contribution in [-0.4, -0.2) is 184 Å². The van der Waals surface area contributed by atoms with Gasteiger partial charge < -0.3 is 66.3 Å². The quantitative estimate of drug-likeness (QED) is 0.0594. The van der Waals surface area contributed by atoms with E-state index in [1.165, 1.54) is 57.8 Å². The van der Waals surface area contributed by atoms with E-state index < -0.39 is 0 Å². The maximum absolute atomic E-state index is 11.2. The lowest BCUT2D eigenvalue weighted by molar-refractivity contribution is -0.144. The van der Waals surface area contributed by atoms with Gasteiger partial charge in [0.05, 0.1) is 178 Å². The topological polar surface area (TPSA) is 146 Å². The van der Waals surface area contributed by atoms with Crippen LogP contribution in [0.4, 0.5) is 0 Å². The largest absolute Gasteiger partial charge is 0.466 e. The van der Waals surface area contributed by atoms with Crippen molar-refractivity contribution in [2.24, 2.45) is 0 Å². The molecule has 0 aliphatic carbocycles. The average Bonchev–Trinajstić information content (AvgIpc) is 3.20. The molecule has 0 heterocycles. The number of unbranched alkanes of at least 4 members (excludes halogenated alkanes) is 9. The van der Waals surface area contributed by atoms with Crippen molar-refractivity contribution in [3.8, 4) is 0 Å². The minimum atomic E-state index is -0.251. The summed E-state index contributed by atoms with van der Waals surface area (Å²) in [6.07, 6.45) is 13.6. The van der Waals surface area contributed by atoms with Crippen LogP contribution in [0.3, 0.4) is 0 Å². The van der Waals surface area contributed by atoms with E-state index in [0.29, 0.717) is 172 Å². The van der Waals surface area contributed by atoms with Gasteiger partial charge >= 0.3 is 5.97 Å². The lowest BCUT2D eigenvalue weighted by Crippen LogP contribution is -2.15. The highest BCUT2D eigenvalue weighted by atomic mass is 16.6. The molecule has 0 unspecified atom stereocenters. The number of hydrogen-bond donors (Lipinski definition) is 0. The second-order valence-electron chi connectivity index (χ2n) is 12.7. The van der Waals surface area contributed by atoms with E-state index >= 15 is 0 Å². The third-order valence-electron chi connectivity index (χ3n) is 7.86. The van der Waals surface area contributed by atoms with Gasteiger partial charge in [-0.3, -0.25) is 4.79 Å². The fourth-order valence-electron chi connectivity index (χ4n) is 4.82. The third kappa shape index (κ3) is 51.0. The lowest BCUT2D eigenvalue weighted by Gasteiger charge is -2.09. The van der Waals surface area contributed by atoms with Crippen LogP contribution in [0.25, 0.3) is 0 Å². The summed E-state index contributed by atoms with van der Waals surface area (Å²) in [6.45, 7) is 17.9. The Bertz CT molecular complexity index is 722. The molecule has 0 aromatic rings. The second-order valence-corrected chi connectivity index (χ2v) is 12.7. The Morgan fingerprint density at radius 2 is 0.482 bits per heavy atom. The van der Waals surface area contributed by atoms with Crippen LogP contribution < -0.4 is 0 Å². The molecule has 0 aromatic heterocycles. The molecule has 0 radical (unpaired) electrons. The zero-order valence-corrected chi connectivity index (χ0v) is 35.5. The minimum absolute atomic E-state index is 0.251. The van der Waals surface area contributed by atoms with Crippen molar-refractivity contribution >= 4 is 5.97 Å². The Hall–Kier alpha value is -1.05. The molecule has 0 aliphatic heterocycles. The molecule has 0 aliphatic rings. The number of hydrogen-bond acceptors (Lipinski definition) is 15. The van der Waals surface area contributed by atoms with Gasteiger partial charge in [0.1, 0.15) is 0 Å². The van der Waals surface area contributed by atoms with Crippen LogP contribution in [0.5, 0.6) is 0 Å². The zero-order valence-electron chi connectivity index (χ0n) is 35.5. The van der Waals surface area contributed by atoms with E-state index in [9.17, 15) is 4.79 Å². The van der Waals surface area contributed by atoms with E-state index in [1.807, 2.05) is 0 Å². The summed E-state index contributed by atoms with van der Waals surface area (Å²) in [5, 5.41) is 0. The molecule has 0 rings (SSSR count). The first kappa shape index (κ1) is 55.0. The molecule has 0 bridgehead atoms. The van der Waals surface area contributed by atoms with Crippen molar-refractivity contribution in [3.63, 3.8) is 0 Å². The van der Waals surface area contributed by atoms with Crippen molar-refractivity contribution in [1.29, 1.82) is 0 Å². The van der Waals surface area contributed by atoms with Gasteiger partial charge in [0.2, 0.25) is 0 Å². The summed E-state index contributed by atoms with van der Waals surface area (Å²) in [7, 11) is 0. The number of esters is 1. The summed E-state index contributed by atoms with van der Waals surface area (Å²) in [5.74, 6) is -0.251. The number of carbonyl (C=O) groups is 1. The van der Waals surface area contributed by atoms with Gasteiger partial charge in [0.15, 0.2) is 0 Å². The average molecular weight is 815 g/mol. The van der Waals surface area contributed by atoms with Crippen molar-refractivity contribution < 1.29 is 71.1 Å². The Morgan fingerprint density at radius 3 is 0.732 bits per heavy atom. The van der Waals surface area contributed by atoms with Crippen LogP contribution in [0.15, 0.2) is 0 Å². The Morgan fingerprint density at radius 1 is 0.268 bits per heavy atom. The predicted molar refractivity (Wildman–Crippen MR) is 214 cm³/mol. The summed E-state index contributed by atoms with van der Waals surface area (Å²) >= 11 is 0. The number of rotatable bonds is 51. The minimum Gasteiger partial charge on any atom is -0.466 e. The number of carbonyl (C=O) groups excluding carboxylic acids is 1. The zero-order chi connectivity index (χ0) is 40.3. The maximum Gasteiger partial charge on any atom is 0.308 e. The maximum atomic E-state index is 11.2. The molecule has 0 saturated heterocycles. The monoisotopic (exact) mass is 815 g/mol. The Labute approximate surface area is 339 Å². The molecular formula is C41H82O15. The molecule has 15 nitrogen and oxygen atoms in total. The van der Waals surface area contributed by atoms with Crippen LogP contribution in [0.1, 0.15) is 84.5 Å². The van der Waals surface area contributed by atoms with Gasteiger partial charge in [-0.15, -0.1) is 0 Å². The fourth-order valence-corrected chi connectivity index (χ4v) is 4.82. The molecule has 0 fully saturated rings. The van der Waals surface area contributed by atoms with Crippen molar-refractivity contribution in [1.82, 2.24) is 0 Å². The second kappa shape index (κ2) is 52.0. The van der Waals surface area contributed by atoms with Gasteiger partial charge in [0.25, 0.3) is 0 Å². The highest BCUT2D eigenvalue weighted by Gasteiger charge is 2.01. The molecule has 15 heteroatoms. The molecule has 0 spiro atoms. The van der Waals surface area contributed by atoms with E-state index in [0.717, 1.165) is 13.0 Å². The van der Waals surface area contributed by atoms with Crippen LogP contribution >= 0.6 is 0 Å². The summed E-state index contributed by atoms with van der Waals surface area (Å²) in [5.41, 5.74) is 0. The Kier molecular flexibility index (Phi) is 51.0. The first-order chi connectivity index (χ1) is 27.8. The van der Waals surface area contributed by atoms with Gasteiger partial charge in [-0.2, -0.15) is 0 Å². The van der Waals surface area contributed by atoms with Gasteiger partial charge in [0, 0.05) is 6.61 Å². The number of ether oxygens (including phenoxy) is 14. The van der Waals surface area contributed by atoms with Gasteiger partial charge in [-0.1, -0.05) is 64.7 Å². The molecule has 336 valence electrons. The fraction of sp³-hybridized carbons (Fsp3) is 0.976. The normalized spacial score (nSPS) is 11.5. The van der Waals surface area contributed by atoms with Gasteiger partial charge in [-0.25, -0.2) is 0 Å². The van der Waals surface area contributed by atoms with Crippen molar-refractivity contribution in [2.75, 3.05) is 178 Å². The molecule has 0 aromatic carbocycles. The first-order valence-corrected chi connectivity index (χ1v) is 21.5. The van der Waals surface area contributed by atoms with E-state index in [2.05, 4.69) is 6.92 Å². The molecule has 56 heavy (non-hydrogen) atoms. The molecule has 0 saturated carbocycles. The molecule has 0 amide bonds. The van der Waals surface area contributed by atoms with Crippen LogP contribution in [0.2, 0.25) is 0 Å². The third-order valence-corrected chi connectivity index (χ3v) is 7.86. The first-order valence-electron chi connectivity index (χ1n) is 21.5. The van der Waals surface area contributed by atoms with E-state index in [4.69, 9.17) is 66.3 Å². The molecule has 0 N–H and O–H groups in total. The van der Waals surface area contributed by atoms with E-state index in [-0.39, 0.29) is 12.4 Å². The predicted octanol–water partition coefficient (Wildman–Crippen LogP) is 5.08. The highest BCUT2D eigenvalue weighted by molar-refractivity contribution is 5.69. The van der Waals surface area contributed by atoms with Crippen molar-refractivity contribution in [3.05, 3.63) is 0 Å². The Balaban J connectivity index is 3.07. The summed E-state index contributed by atoms with van der Waals surface area (Å²) < 4.78 is 76.2. The molecule has 0 atom stereocenters. The highest BCUT2D eigenvalue weighted by Crippen LogP contribution is 2.10.